The highest BCUT2D eigenvalue weighted by atomic mass is 32.3. The van der Waals surface area contributed by atoms with Gasteiger partial charge in [-0.05, 0) is 98.5 Å². The van der Waals surface area contributed by atoms with Crippen molar-refractivity contribution in [2.24, 2.45) is 22.7 Å². The summed E-state index contributed by atoms with van der Waals surface area (Å²) in [6, 6.07) is 1.96. The molecule has 0 amide bonds. The average Bonchev–Trinajstić information content (AvgIpc) is 3.19. The van der Waals surface area contributed by atoms with Gasteiger partial charge in [0.2, 0.25) is 10.4 Å². The quantitative estimate of drug-likeness (QED) is 0.233. The molecule has 0 saturated heterocycles. The number of rotatable bonds is 10. The van der Waals surface area contributed by atoms with E-state index in [-0.39, 0.29) is 17.9 Å². The van der Waals surface area contributed by atoms with Gasteiger partial charge in [0.25, 0.3) is 0 Å². The van der Waals surface area contributed by atoms with Gasteiger partial charge < -0.3 is 8.97 Å². The van der Waals surface area contributed by atoms with Gasteiger partial charge in [-0.3, -0.25) is 4.18 Å². The Morgan fingerprint density at radius 1 is 1.23 bits per heavy atom. The number of hydrogen-bond acceptors (Lipinski definition) is 5. The monoisotopic (exact) mass is 451 g/mol. The van der Waals surface area contributed by atoms with Crippen molar-refractivity contribution >= 4 is 10.4 Å². The standard InChI is InChI=1S/C25H40O5S/c1-19-10-11-22-23(9-6-14-24(22,2)3)25(19,4)15-12-20(18-30-31(26,27)28)7-5-8-21-13-16-29-17-21/h13,16-17,19-20H,5-12,14-15,18H2,1-4H3,(H,26,27,28)/p-1/t19-,20+,25+/m1/s1. The zero-order valence-electron chi connectivity index (χ0n) is 19.6. The van der Waals surface area contributed by atoms with Gasteiger partial charge in [0, 0.05) is 0 Å². The van der Waals surface area contributed by atoms with E-state index >= 15 is 0 Å². The van der Waals surface area contributed by atoms with E-state index in [0.29, 0.717) is 11.3 Å². The summed E-state index contributed by atoms with van der Waals surface area (Å²) in [6.45, 7) is 9.56. The predicted molar refractivity (Wildman–Crippen MR) is 121 cm³/mol. The lowest BCUT2D eigenvalue weighted by atomic mass is 9.55. The predicted octanol–water partition coefficient (Wildman–Crippen LogP) is 6.42. The Hall–Kier alpha value is -1.11. The van der Waals surface area contributed by atoms with Crippen LogP contribution in [0.1, 0.15) is 91.0 Å². The first-order valence-electron chi connectivity index (χ1n) is 11.9. The first-order valence-corrected chi connectivity index (χ1v) is 13.2. The molecule has 0 radical (unpaired) electrons. The van der Waals surface area contributed by atoms with E-state index in [1.807, 2.05) is 6.07 Å². The fourth-order valence-corrected chi connectivity index (χ4v) is 6.29. The number of aryl methyl sites for hydroxylation is 1. The third-order valence-corrected chi connectivity index (χ3v) is 8.62. The zero-order valence-corrected chi connectivity index (χ0v) is 20.4. The number of allylic oxidation sites excluding steroid dienone is 2. The maximum atomic E-state index is 11.1. The molecule has 2 aliphatic rings. The van der Waals surface area contributed by atoms with Crippen LogP contribution < -0.4 is 0 Å². The van der Waals surface area contributed by atoms with E-state index in [1.165, 1.54) is 32.1 Å². The summed E-state index contributed by atoms with van der Waals surface area (Å²) in [7, 11) is -4.67. The van der Waals surface area contributed by atoms with E-state index in [0.717, 1.165) is 37.7 Å². The Morgan fingerprint density at radius 2 is 2.00 bits per heavy atom. The third kappa shape index (κ3) is 6.23. The molecule has 0 unspecified atom stereocenters. The SMILES string of the molecule is C[C@@H]1CCC2=C(CCCC2(C)C)[C@@]1(C)CC[C@H](CCCc1ccoc1)COS(=O)(=O)[O-]. The van der Waals surface area contributed by atoms with E-state index < -0.39 is 10.4 Å². The van der Waals surface area contributed by atoms with E-state index in [2.05, 4.69) is 27.7 Å². The average molecular weight is 452 g/mol. The van der Waals surface area contributed by atoms with Crippen molar-refractivity contribution in [3.8, 4) is 0 Å². The molecule has 0 spiro atoms. The second kappa shape index (κ2) is 9.80. The zero-order chi connectivity index (χ0) is 22.7. The van der Waals surface area contributed by atoms with Crippen LogP contribution in [0.2, 0.25) is 0 Å². The van der Waals surface area contributed by atoms with Gasteiger partial charge in [0.05, 0.1) is 19.1 Å². The van der Waals surface area contributed by atoms with Crippen LogP contribution in [-0.2, 0) is 21.0 Å². The molecule has 3 atom stereocenters. The van der Waals surface area contributed by atoms with Crippen molar-refractivity contribution < 1.29 is 21.6 Å². The first kappa shape index (κ1) is 24.5. The minimum absolute atomic E-state index is 0.0148. The van der Waals surface area contributed by atoms with Gasteiger partial charge in [0.15, 0.2) is 0 Å². The molecule has 0 aromatic carbocycles. The minimum atomic E-state index is -4.67. The molecule has 0 bridgehead atoms. The summed E-state index contributed by atoms with van der Waals surface area (Å²) in [5.41, 5.74) is 4.91. The molecule has 0 aliphatic heterocycles. The molecule has 6 heteroatoms. The van der Waals surface area contributed by atoms with Gasteiger partial charge in [-0.1, -0.05) is 38.8 Å². The summed E-state index contributed by atoms with van der Waals surface area (Å²) >= 11 is 0. The van der Waals surface area contributed by atoms with Crippen LogP contribution in [0.15, 0.2) is 34.2 Å². The van der Waals surface area contributed by atoms with Crippen LogP contribution in [0.5, 0.6) is 0 Å². The van der Waals surface area contributed by atoms with Crippen LogP contribution >= 0.6 is 0 Å². The smallest absolute Gasteiger partial charge is 0.217 e. The molecule has 0 saturated carbocycles. The van der Waals surface area contributed by atoms with Gasteiger partial charge >= 0.3 is 0 Å². The lowest BCUT2D eigenvalue weighted by Gasteiger charge is -2.50. The summed E-state index contributed by atoms with van der Waals surface area (Å²) in [4.78, 5) is 0. The molecule has 5 nitrogen and oxygen atoms in total. The molecule has 0 N–H and O–H groups in total. The lowest BCUT2D eigenvalue weighted by molar-refractivity contribution is 0.140. The molecule has 2 aliphatic carbocycles. The number of furan rings is 1. The molecular weight excluding hydrogens is 412 g/mol. The van der Waals surface area contributed by atoms with Crippen molar-refractivity contribution in [1.82, 2.24) is 0 Å². The molecule has 1 aromatic heterocycles. The van der Waals surface area contributed by atoms with Crippen molar-refractivity contribution in [1.29, 1.82) is 0 Å². The largest absolute Gasteiger partial charge is 0.726 e. The summed E-state index contributed by atoms with van der Waals surface area (Å²) in [5.74, 6) is 0.665. The molecule has 31 heavy (non-hydrogen) atoms. The Balaban J connectivity index is 1.70. The van der Waals surface area contributed by atoms with Crippen LogP contribution in [-0.4, -0.2) is 19.6 Å². The first-order chi connectivity index (χ1) is 14.5. The molecule has 1 aromatic rings. The fraction of sp³-hybridized carbons (Fsp3) is 0.760. The molecule has 1 heterocycles. The maximum Gasteiger partial charge on any atom is 0.217 e. The molecule has 176 valence electrons. The summed E-state index contributed by atoms with van der Waals surface area (Å²) in [5, 5.41) is 0. The van der Waals surface area contributed by atoms with Crippen molar-refractivity contribution in [3.05, 3.63) is 35.3 Å². The van der Waals surface area contributed by atoms with Gasteiger partial charge in [0.1, 0.15) is 0 Å². The second-order valence-electron chi connectivity index (χ2n) is 10.7. The summed E-state index contributed by atoms with van der Waals surface area (Å²) in [6.07, 6.45) is 14.1. The Bertz CT molecular complexity index is 852. The topological polar surface area (TPSA) is 79.6 Å². The van der Waals surface area contributed by atoms with Crippen LogP contribution in [0.4, 0.5) is 0 Å². The fourth-order valence-electron chi connectivity index (χ4n) is 5.94. The van der Waals surface area contributed by atoms with Crippen molar-refractivity contribution in [2.45, 2.75) is 91.9 Å². The van der Waals surface area contributed by atoms with Crippen LogP contribution in [0.25, 0.3) is 0 Å². The van der Waals surface area contributed by atoms with Crippen molar-refractivity contribution in [3.63, 3.8) is 0 Å². The Kier molecular flexibility index (Phi) is 7.75. The number of hydrogen-bond donors (Lipinski definition) is 0. The van der Waals surface area contributed by atoms with Gasteiger partial charge in [-0.2, -0.15) is 0 Å². The highest BCUT2D eigenvalue weighted by Gasteiger charge is 2.44. The maximum absolute atomic E-state index is 11.1. The van der Waals surface area contributed by atoms with Gasteiger partial charge in [-0.25, -0.2) is 8.42 Å². The highest BCUT2D eigenvalue weighted by Crippen LogP contribution is 2.56. The molecule has 0 fully saturated rings. The minimum Gasteiger partial charge on any atom is -0.726 e. The van der Waals surface area contributed by atoms with Crippen molar-refractivity contribution in [2.75, 3.05) is 6.61 Å². The normalized spacial score (nSPS) is 27.2. The van der Waals surface area contributed by atoms with Crippen LogP contribution in [0.3, 0.4) is 0 Å². The third-order valence-electron chi connectivity index (χ3n) is 8.19. The summed E-state index contributed by atoms with van der Waals surface area (Å²) < 4.78 is 43.1. The van der Waals surface area contributed by atoms with Crippen LogP contribution in [0, 0.1) is 22.7 Å². The van der Waals surface area contributed by atoms with E-state index in [4.69, 9.17) is 8.60 Å². The Morgan fingerprint density at radius 3 is 2.68 bits per heavy atom. The molecule has 3 rings (SSSR count). The van der Waals surface area contributed by atoms with E-state index in [1.54, 1.807) is 23.7 Å². The highest BCUT2D eigenvalue weighted by molar-refractivity contribution is 7.80. The van der Waals surface area contributed by atoms with E-state index in [9.17, 15) is 13.0 Å². The lowest BCUT2D eigenvalue weighted by Crippen LogP contribution is -2.38. The Labute approximate surface area is 188 Å². The molecular formula is C25H39O5S-. The second-order valence-corrected chi connectivity index (χ2v) is 11.7. The van der Waals surface area contributed by atoms with Gasteiger partial charge in [-0.15, -0.1) is 0 Å².